The molecule has 0 saturated carbocycles. The molecule has 0 aromatic heterocycles. The summed E-state index contributed by atoms with van der Waals surface area (Å²) in [5, 5.41) is 0.140. The minimum absolute atomic E-state index is 0.0406. The van der Waals surface area contributed by atoms with Gasteiger partial charge >= 0.3 is 0 Å². The first-order valence-corrected chi connectivity index (χ1v) is 9.76. The highest BCUT2D eigenvalue weighted by Gasteiger charge is 2.18. The second-order valence-corrected chi connectivity index (χ2v) is 7.79. The molecule has 0 amide bonds. The van der Waals surface area contributed by atoms with E-state index in [1.807, 2.05) is 4.90 Å². The Balaban J connectivity index is 1.89. The maximum Gasteiger partial charge on any atom is 0.243 e. The van der Waals surface area contributed by atoms with Crippen molar-refractivity contribution in [3.63, 3.8) is 0 Å². The number of nitrogens with two attached hydrogens (primary N) is 1. The molecule has 134 valence electrons. The number of aliphatic imine (C=N–C) groups is 1. The number of rotatable bonds is 5. The Labute approximate surface area is 146 Å². The Bertz CT molecular complexity index is 689. The molecule has 0 unspecified atom stereocenters. The Hall–Kier alpha value is -1.38. The monoisotopic (exact) mass is 376 g/mol. The van der Waals surface area contributed by atoms with E-state index in [1.165, 1.54) is 18.9 Å². The van der Waals surface area contributed by atoms with Crippen molar-refractivity contribution in [3.8, 4) is 0 Å². The summed E-state index contributed by atoms with van der Waals surface area (Å²) in [6, 6.07) is 3.43. The number of guanidine groups is 1. The molecule has 1 aliphatic heterocycles. The standard InChI is InChI=1S/C15H22ClFN4O2S/c16-12-5-6-14(13(17)11-12)24(22,23)20-8-7-19-15(18)21-9-3-1-2-4-10-21/h5-6,11,20H,1-4,7-10H2,(H2,18,19). The third kappa shape index (κ3) is 5.32. The van der Waals surface area contributed by atoms with Gasteiger partial charge in [-0.25, -0.2) is 17.5 Å². The molecule has 9 heteroatoms. The second kappa shape index (κ2) is 8.64. The number of likely N-dealkylation sites (tertiary alicyclic amines) is 1. The van der Waals surface area contributed by atoms with Gasteiger partial charge in [0, 0.05) is 24.7 Å². The van der Waals surface area contributed by atoms with Gasteiger partial charge in [0.25, 0.3) is 0 Å². The molecule has 0 radical (unpaired) electrons. The predicted molar refractivity (Wildman–Crippen MR) is 93.1 cm³/mol. The van der Waals surface area contributed by atoms with Crippen molar-refractivity contribution < 1.29 is 12.8 Å². The van der Waals surface area contributed by atoms with Crippen LogP contribution in [0.3, 0.4) is 0 Å². The van der Waals surface area contributed by atoms with E-state index in [1.54, 1.807) is 0 Å². The highest BCUT2D eigenvalue weighted by Crippen LogP contribution is 2.18. The summed E-state index contributed by atoms with van der Waals surface area (Å²) in [7, 11) is -3.94. The minimum atomic E-state index is -3.94. The molecule has 6 nitrogen and oxygen atoms in total. The van der Waals surface area contributed by atoms with Gasteiger partial charge < -0.3 is 10.6 Å². The summed E-state index contributed by atoms with van der Waals surface area (Å²) in [4.78, 5) is 5.78. The molecule has 1 aromatic rings. The summed E-state index contributed by atoms with van der Waals surface area (Å²) in [5.74, 6) is -0.462. The first kappa shape index (κ1) is 19.0. The number of hydrogen-bond acceptors (Lipinski definition) is 3. The lowest BCUT2D eigenvalue weighted by atomic mass is 10.2. The number of nitrogens with one attached hydrogen (secondary N) is 1. The number of nitrogens with zero attached hydrogens (tertiary/aromatic N) is 2. The zero-order valence-electron chi connectivity index (χ0n) is 13.3. The van der Waals surface area contributed by atoms with Crippen LogP contribution < -0.4 is 10.5 Å². The van der Waals surface area contributed by atoms with Crippen molar-refractivity contribution in [3.05, 3.63) is 29.0 Å². The van der Waals surface area contributed by atoms with Gasteiger partial charge in [-0.2, -0.15) is 0 Å². The number of benzene rings is 1. The summed E-state index contributed by atoms with van der Waals surface area (Å²) < 4.78 is 40.2. The van der Waals surface area contributed by atoms with Gasteiger partial charge in [0.15, 0.2) is 5.96 Å². The third-order valence-electron chi connectivity index (χ3n) is 3.79. The van der Waals surface area contributed by atoms with Crippen molar-refractivity contribution in [2.75, 3.05) is 26.2 Å². The summed E-state index contributed by atoms with van der Waals surface area (Å²) in [5.41, 5.74) is 5.94. The minimum Gasteiger partial charge on any atom is -0.370 e. The van der Waals surface area contributed by atoms with E-state index in [0.29, 0.717) is 5.96 Å². The molecule has 1 saturated heterocycles. The lowest BCUT2D eigenvalue weighted by Crippen LogP contribution is -2.38. The zero-order valence-corrected chi connectivity index (χ0v) is 14.9. The quantitative estimate of drug-likeness (QED) is 0.467. The van der Waals surface area contributed by atoms with Crippen LogP contribution in [0.15, 0.2) is 28.1 Å². The van der Waals surface area contributed by atoms with Crippen LogP contribution in [0.4, 0.5) is 4.39 Å². The van der Waals surface area contributed by atoms with Crippen molar-refractivity contribution >= 4 is 27.6 Å². The highest BCUT2D eigenvalue weighted by atomic mass is 35.5. The Morgan fingerprint density at radius 2 is 1.96 bits per heavy atom. The van der Waals surface area contributed by atoms with E-state index in [0.717, 1.165) is 38.1 Å². The number of halogens is 2. The van der Waals surface area contributed by atoms with E-state index in [2.05, 4.69) is 9.71 Å². The molecule has 0 bridgehead atoms. The molecule has 2 rings (SSSR count). The number of hydrogen-bond donors (Lipinski definition) is 2. The fourth-order valence-corrected chi connectivity index (χ4v) is 3.76. The first-order chi connectivity index (χ1) is 11.4. The van der Waals surface area contributed by atoms with Crippen LogP contribution in [0.5, 0.6) is 0 Å². The lowest BCUT2D eigenvalue weighted by Gasteiger charge is -2.21. The van der Waals surface area contributed by atoms with Gasteiger partial charge in [-0.1, -0.05) is 24.4 Å². The molecule has 1 heterocycles. The van der Waals surface area contributed by atoms with Gasteiger partial charge in [0.1, 0.15) is 10.7 Å². The fraction of sp³-hybridized carbons (Fsp3) is 0.533. The molecular weight excluding hydrogens is 355 g/mol. The molecule has 24 heavy (non-hydrogen) atoms. The van der Waals surface area contributed by atoms with E-state index in [4.69, 9.17) is 17.3 Å². The van der Waals surface area contributed by atoms with E-state index < -0.39 is 20.7 Å². The van der Waals surface area contributed by atoms with Crippen LogP contribution in [0.25, 0.3) is 0 Å². The summed E-state index contributed by atoms with van der Waals surface area (Å²) in [6.07, 6.45) is 4.55. The molecule has 1 fully saturated rings. The van der Waals surface area contributed by atoms with E-state index >= 15 is 0 Å². The molecule has 0 aliphatic carbocycles. The molecular formula is C15H22ClFN4O2S. The maximum absolute atomic E-state index is 13.7. The van der Waals surface area contributed by atoms with Crippen LogP contribution in [0.2, 0.25) is 5.02 Å². The average molecular weight is 377 g/mol. The van der Waals surface area contributed by atoms with Gasteiger partial charge in [0.2, 0.25) is 10.0 Å². The van der Waals surface area contributed by atoms with Crippen molar-refractivity contribution in [2.45, 2.75) is 30.6 Å². The van der Waals surface area contributed by atoms with Crippen molar-refractivity contribution in [1.82, 2.24) is 9.62 Å². The molecule has 0 atom stereocenters. The Kier molecular flexibility index (Phi) is 6.82. The summed E-state index contributed by atoms with van der Waals surface area (Å²) in [6.45, 7) is 1.98. The first-order valence-electron chi connectivity index (χ1n) is 7.90. The van der Waals surface area contributed by atoms with Crippen LogP contribution in [-0.4, -0.2) is 45.5 Å². The average Bonchev–Trinajstić information content (AvgIpc) is 2.80. The van der Waals surface area contributed by atoms with Crippen molar-refractivity contribution in [1.29, 1.82) is 0 Å². The molecule has 1 aromatic carbocycles. The normalized spacial score (nSPS) is 16.9. The van der Waals surface area contributed by atoms with E-state index in [9.17, 15) is 12.8 Å². The topological polar surface area (TPSA) is 87.8 Å². The predicted octanol–water partition coefficient (Wildman–Crippen LogP) is 1.95. The SMILES string of the molecule is NC(=NCCNS(=O)(=O)c1ccc(Cl)cc1F)N1CCCCCC1. The van der Waals surface area contributed by atoms with E-state index in [-0.39, 0.29) is 18.1 Å². The molecule has 3 N–H and O–H groups in total. The van der Waals surface area contributed by atoms with Gasteiger partial charge in [-0.15, -0.1) is 0 Å². The Morgan fingerprint density at radius 1 is 1.29 bits per heavy atom. The lowest BCUT2D eigenvalue weighted by molar-refractivity contribution is 0.428. The number of sulfonamides is 1. The van der Waals surface area contributed by atoms with Crippen LogP contribution >= 0.6 is 11.6 Å². The maximum atomic E-state index is 13.7. The highest BCUT2D eigenvalue weighted by molar-refractivity contribution is 7.89. The van der Waals surface area contributed by atoms with Crippen molar-refractivity contribution in [2.24, 2.45) is 10.7 Å². The summed E-state index contributed by atoms with van der Waals surface area (Å²) >= 11 is 5.62. The smallest absolute Gasteiger partial charge is 0.243 e. The zero-order chi connectivity index (χ0) is 17.6. The van der Waals surface area contributed by atoms with Gasteiger partial charge in [-0.05, 0) is 31.0 Å². The largest absolute Gasteiger partial charge is 0.370 e. The van der Waals surface area contributed by atoms with Crippen LogP contribution in [0, 0.1) is 5.82 Å². The Morgan fingerprint density at radius 3 is 2.58 bits per heavy atom. The van der Waals surface area contributed by atoms with Gasteiger partial charge in [-0.3, -0.25) is 4.99 Å². The molecule has 1 aliphatic rings. The second-order valence-electron chi connectivity index (χ2n) is 5.61. The fourth-order valence-electron chi connectivity index (χ4n) is 2.52. The third-order valence-corrected chi connectivity index (χ3v) is 5.52. The molecule has 0 spiro atoms. The van der Waals surface area contributed by atoms with Crippen LogP contribution in [0.1, 0.15) is 25.7 Å². The van der Waals surface area contributed by atoms with Crippen LogP contribution in [-0.2, 0) is 10.0 Å². The van der Waals surface area contributed by atoms with Gasteiger partial charge in [0.05, 0.1) is 6.54 Å².